The van der Waals surface area contributed by atoms with Crippen molar-refractivity contribution in [3.8, 4) is 22.6 Å². The number of phenols is 1. The van der Waals surface area contributed by atoms with Gasteiger partial charge in [0.2, 0.25) is 0 Å². The Bertz CT molecular complexity index is 1960. The van der Waals surface area contributed by atoms with E-state index in [-0.39, 0.29) is 24.0 Å². The largest absolute Gasteiger partial charge is 0.507 e. The number of nitrogens with one attached hydrogen (secondary N) is 2. The maximum absolute atomic E-state index is 12.6. The molecular weight excluding hydrogens is 524 g/mol. The van der Waals surface area contributed by atoms with Gasteiger partial charge in [0.1, 0.15) is 18.1 Å². The van der Waals surface area contributed by atoms with Crippen molar-refractivity contribution in [2.45, 2.75) is 13.5 Å². The molecule has 0 unspecified atom stereocenters. The summed E-state index contributed by atoms with van der Waals surface area (Å²) in [7, 11) is 0. The number of hydrogen-bond acceptors (Lipinski definition) is 4. The molecule has 6 nitrogen and oxygen atoms in total. The van der Waals surface area contributed by atoms with Crippen molar-refractivity contribution >= 4 is 45.2 Å². The molecule has 0 radical (unpaired) electrons. The van der Waals surface area contributed by atoms with E-state index in [0.29, 0.717) is 34.5 Å². The van der Waals surface area contributed by atoms with E-state index in [0.717, 1.165) is 32.7 Å². The number of carbonyl (C=O) groups excluding carboxylic acids is 2. The highest BCUT2D eigenvalue weighted by Gasteiger charge is 2.20. The lowest BCUT2D eigenvalue weighted by atomic mass is 9.90. The Morgan fingerprint density at radius 1 is 0.738 bits per heavy atom. The van der Waals surface area contributed by atoms with E-state index in [1.54, 1.807) is 6.07 Å². The lowest BCUT2D eigenvalue weighted by Crippen LogP contribution is -2.19. The van der Waals surface area contributed by atoms with Crippen molar-refractivity contribution < 1.29 is 19.4 Å². The molecule has 0 bridgehead atoms. The molecule has 6 aromatic rings. The predicted molar refractivity (Wildman–Crippen MR) is 169 cm³/mol. The van der Waals surface area contributed by atoms with Crippen molar-refractivity contribution in [3.63, 3.8) is 0 Å². The van der Waals surface area contributed by atoms with Crippen LogP contribution < -0.4 is 15.4 Å². The van der Waals surface area contributed by atoms with Crippen molar-refractivity contribution in [1.82, 2.24) is 0 Å². The molecule has 0 aliphatic heterocycles. The van der Waals surface area contributed by atoms with E-state index in [1.165, 1.54) is 0 Å². The maximum Gasteiger partial charge on any atom is 0.323 e. The molecule has 0 spiro atoms. The van der Waals surface area contributed by atoms with Gasteiger partial charge in [-0.3, -0.25) is 4.79 Å². The van der Waals surface area contributed by atoms with Gasteiger partial charge in [-0.25, -0.2) is 4.79 Å². The number of ether oxygens (including phenoxy) is 1. The van der Waals surface area contributed by atoms with Gasteiger partial charge in [-0.2, -0.15) is 0 Å². The lowest BCUT2D eigenvalue weighted by Gasteiger charge is -2.18. The van der Waals surface area contributed by atoms with Crippen LogP contribution in [0.4, 0.5) is 16.2 Å². The van der Waals surface area contributed by atoms with Crippen LogP contribution in [0.25, 0.3) is 32.7 Å². The molecule has 0 fully saturated rings. The molecule has 0 aliphatic carbocycles. The number of carbonyl (C=O) groups is 2. The molecule has 0 aliphatic rings. The molecule has 206 valence electrons. The van der Waals surface area contributed by atoms with Gasteiger partial charge in [0, 0.05) is 22.5 Å². The SMILES string of the molecule is Cc1cccc(NC(=O)Nc2cccc(COc3ccc4ccccc4c3-c3c(O)c(C=O)cc4ccccc34)c2)c1. The lowest BCUT2D eigenvalue weighted by molar-refractivity contribution is 0.112. The summed E-state index contributed by atoms with van der Waals surface area (Å²) in [5.41, 5.74) is 4.71. The van der Waals surface area contributed by atoms with Gasteiger partial charge in [-0.1, -0.05) is 78.9 Å². The summed E-state index contributed by atoms with van der Waals surface area (Å²) in [6.07, 6.45) is 0.671. The number of rotatable bonds is 7. The van der Waals surface area contributed by atoms with Crippen LogP contribution >= 0.6 is 0 Å². The quantitative estimate of drug-likeness (QED) is 0.173. The third-order valence-corrected chi connectivity index (χ3v) is 7.17. The van der Waals surface area contributed by atoms with Gasteiger partial charge < -0.3 is 20.5 Å². The van der Waals surface area contributed by atoms with Crippen LogP contribution in [0.15, 0.2) is 115 Å². The summed E-state index contributed by atoms with van der Waals surface area (Å²) in [6.45, 7) is 2.18. The zero-order valence-electron chi connectivity index (χ0n) is 22.9. The van der Waals surface area contributed by atoms with Crippen LogP contribution in [0.2, 0.25) is 0 Å². The van der Waals surface area contributed by atoms with E-state index in [2.05, 4.69) is 10.6 Å². The number of fused-ring (bicyclic) bond motifs is 2. The molecular formula is C36H28N2O4. The van der Waals surface area contributed by atoms with E-state index in [1.807, 2.05) is 116 Å². The smallest absolute Gasteiger partial charge is 0.323 e. The normalized spacial score (nSPS) is 10.9. The highest BCUT2D eigenvalue weighted by atomic mass is 16.5. The minimum Gasteiger partial charge on any atom is -0.507 e. The van der Waals surface area contributed by atoms with Gasteiger partial charge in [0.15, 0.2) is 6.29 Å². The van der Waals surface area contributed by atoms with Gasteiger partial charge in [0.25, 0.3) is 0 Å². The number of amides is 2. The summed E-state index contributed by atoms with van der Waals surface area (Å²) in [6, 6.07) is 35.8. The number of hydrogen-bond donors (Lipinski definition) is 3. The topological polar surface area (TPSA) is 87.7 Å². The molecule has 0 heterocycles. The fourth-order valence-electron chi connectivity index (χ4n) is 5.25. The Morgan fingerprint density at radius 3 is 2.14 bits per heavy atom. The Morgan fingerprint density at radius 2 is 1.40 bits per heavy atom. The zero-order chi connectivity index (χ0) is 29.1. The number of anilines is 2. The molecule has 0 saturated carbocycles. The Labute approximate surface area is 243 Å². The van der Waals surface area contributed by atoms with Crippen molar-refractivity contribution in [2.75, 3.05) is 10.6 Å². The second-order valence-electron chi connectivity index (χ2n) is 10.1. The minimum atomic E-state index is -0.340. The Balaban J connectivity index is 1.33. The van der Waals surface area contributed by atoms with Crippen LogP contribution in [0, 0.1) is 6.92 Å². The van der Waals surface area contributed by atoms with Crippen molar-refractivity contribution in [3.05, 3.63) is 132 Å². The van der Waals surface area contributed by atoms with Crippen LogP contribution in [0.5, 0.6) is 11.5 Å². The van der Waals surface area contributed by atoms with Gasteiger partial charge in [-0.15, -0.1) is 0 Å². The number of aldehydes is 1. The summed E-state index contributed by atoms with van der Waals surface area (Å²) >= 11 is 0. The number of urea groups is 1. The summed E-state index contributed by atoms with van der Waals surface area (Å²) in [4.78, 5) is 24.5. The fraction of sp³-hybridized carbons (Fsp3) is 0.0556. The third-order valence-electron chi connectivity index (χ3n) is 7.17. The molecule has 0 atom stereocenters. The third kappa shape index (κ3) is 5.38. The molecule has 6 aromatic carbocycles. The first-order chi connectivity index (χ1) is 20.5. The van der Waals surface area contributed by atoms with Crippen LogP contribution in [-0.4, -0.2) is 17.4 Å². The van der Waals surface area contributed by atoms with Gasteiger partial charge in [-0.05, 0) is 76.0 Å². The van der Waals surface area contributed by atoms with E-state index < -0.39 is 0 Å². The number of benzene rings is 6. The van der Waals surface area contributed by atoms with Crippen LogP contribution in [-0.2, 0) is 6.61 Å². The first kappa shape index (κ1) is 26.6. The second-order valence-corrected chi connectivity index (χ2v) is 10.1. The molecule has 0 aromatic heterocycles. The molecule has 6 heteroatoms. The predicted octanol–water partition coefficient (Wildman–Crippen LogP) is 8.71. The van der Waals surface area contributed by atoms with Crippen LogP contribution in [0.1, 0.15) is 21.5 Å². The highest BCUT2D eigenvalue weighted by molar-refractivity contribution is 6.12. The molecule has 0 saturated heterocycles. The van der Waals surface area contributed by atoms with Crippen molar-refractivity contribution in [1.29, 1.82) is 0 Å². The molecule has 3 N–H and O–H groups in total. The summed E-state index contributed by atoms with van der Waals surface area (Å²) in [5.74, 6) is 0.475. The second kappa shape index (κ2) is 11.5. The average molecular weight is 553 g/mol. The summed E-state index contributed by atoms with van der Waals surface area (Å²) < 4.78 is 6.40. The first-order valence-electron chi connectivity index (χ1n) is 13.6. The fourth-order valence-corrected chi connectivity index (χ4v) is 5.25. The van der Waals surface area contributed by atoms with Crippen molar-refractivity contribution in [2.24, 2.45) is 0 Å². The maximum atomic E-state index is 12.6. The highest BCUT2D eigenvalue weighted by Crippen LogP contribution is 2.46. The molecule has 42 heavy (non-hydrogen) atoms. The number of aromatic hydroxyl groups is 1. The van der Waals surface area contributed by atoms with E-state index in [9.17, 15) is 14.7 Å². The summed E-state index contributed by atoms with van der Waals surface area (Å²) in [5, 5.41) is 20.6. The van der Waals surface area contributed by atoms with E-state index >= 15 is 0 Å². The Kier molecular flexibility index (Phi) is 7.26. The number of aryl methyl sites for hydroxylation is 1. The average Bonchev–Trinajstić information content (AvgIpc) is 3.00. The van der Waals surface area contributed by atoms with E-state index in [4.69, 9.17) is 4.74 Å². The Hall–Kier alpha value is -5.62. The monoisotopic (exact) mass is 552 g/mol. The standard InChI is InChI=1S/C36H28N2O4/c1-23-8-6-12-28(18-23)37-36(41)38-29-13-7-9-24(19-29)22-42-32-17-16-25-10-2-4-14-30(25)33(32)34-31-15-5-3-11-26(31)20-27(21-39)35(34)40/h2-21,40H,22H2,1H3,(H2,37,38,41). The molecule has 2 amide bonds. The zero-order valence-corrected chi connectivity index (χ0v) is 22.9. The number of phenolic OH excluding ortho intramolecular Hbond substituents is 1. The first-order valence-corrected chi connectivity index (χ1v) is 13.6. The van der Waals surface area contributed by atoms with Gasteiger partial charge in [0.05, 0.1) is 5.56 Å². The molecule has 6 rings (SSSR count). The minimum absolute atomic E-state index is 0.0873. The van der Waals surface area contributed by atoms with Gasteiger partial charge >= 0.3 is 6.03 Å². The van der Waals surface area contributed by atoms with Crippen LogP contribution in [0.3, 0.4) is 0 Å².